The third-order valence-electron chi connectivity index (χ3n) is 3.70. The van der Waals surface area contributed by atoms with E-state index in [2.05, 4.69) is 11.1 Å². The van der Waals surface area contributed by atoms with Crippen molar-refractivity contribution in [2.24, 2.45) is 5.92 Å². The molecule has 0 amide bonds. The molecule has 2 heterocycles. The third kappa shape index (κ3) is 2.25. The number of para-hydroxylation sites is 1. The van der Waals surface area contributed by atoms with Gasteiger partial charge in [0, 0.05) is 6.54 Å². The summed E-state index contributed by atoms with van der Waals surface area (Å²) in [5.41, 5.74) is 2.13. The SMILES string of the molecule is N#Cc1cccc2c1[nH]c(=S)n2CC1CCS(=O)(=O)C1. The Morgan fingerprint density at radius 2 is 2.30 bits per heavy atom. The van der Waals surface area contributed by atoms with Gasteiger partial charge in [-0.3, -0.25) is 0 Å². The lowest BCUT2D eigenvalue weighted by molar-refractivity contribution is 0.495. The van der Waals surface area contributed by atoms with Crippen LogP contribution in [0.2, 0.25) is 0 Å². The number of nitriles is 1. The summed E-state index contributed by atoms with van der Waals surface area (Å²) < 4.78 is 25.5. The molecule has 1 aliphatic heterocycles. The fourth-order valence-electron chi connectivity index (χ4n) is 2.73. The Labute approximate surface area is 121 Å². The molecule has 20 heavy (non-hydrogen) atoms. The molecule has 5 nitrogen and oxygen atoms in total. The van der Waals surface area contributed by atoms with Crippen LogP contribution in [-0.2, 0) is 16.4 Å². The molecule has 2 aromatic rings. The Hall–Kier alpha value is -1.65. The smallest absolute Gasteiger partial charge is 0.178 e. The van der Waals surface area contributed by atoms with Crippen LogP contribution < -0.4 is 0 Å². The van der Waals surface area contributed by atoms with Crippen LogP contribution in [0.25, 0.3) is 11.0 Å². The highest BCUT2D eigenvalue weighted by molar-refractivity contribution is 7.91. The monoisotopic (exact) mass is 307 g/mol. The summed E-state index contributed by atoms with van der Waals surface area (Å²) in [4.78, 5) is 3.05. The first kappa shape index (κ1) is 13.3. The highest BCUT2D eigenvalue weighted by atomic mass is 32.2. The van der Waals surface area contributed by atoms with Crippen molar-refractivity contribution in [3.05, 3.63) is 28.5 Å². The van der Waals surface area contributed by atoms with Gasteiger partial charge in [0.15, 0.2) is 14.6 Å². The first-order valence-corrected chi connectivity index (χ1v) is 8.55. The van der Waals surface area contributed by atoms with Gasteiger partial charge in [-0.1, -0.05) is 6.07 Å². The lowest BCUT2D eigenvalue weighted by Gasteiger charge is -2.09. The van der Waals surface area contributed by atoms with Gasteiger partial charge in [0.05, 0.1) is 28.1 Å². The quantitative estimate of drug-likeness (QED) is 0.861. The lowest BCUT2D eigenvalue weighted by atomic mass is 10.1. The molecule has 0 spiro atoms. The van der Waals surface area contributed by atoms with Gasteiger partial charge >= 0.3 is 0 Å². The Kier molecular flexibility index (Phi) is 3.15. The van der Waals surface area contributed by atoms with Crippen LogP contribution in [0.4, 0.5) is 0 Å². The maximum absolute atomic E-state index is 11.5. The molecule has 7 heteroatoms. The number of imidazole rings is 1. The summed E-state index contributed by atoms with van der Waals surface area (Å²) in [5.74, 6) is 0.576. The Morgan fingerprint density at radius 3 is 2.95 bits per heavy atom. The van der Waals surface area contributed by atoms with Crippen LogP contribution in [0, 0.1) is 22.0 Å². The number of hydrogen-bond acceptors (Lipinski definition) is 4. The van der Waals surface area contributed by atoms with Crippen molar-refractivity contribution in [3.63, 3.8) is 0 Å². The molecule has 0 saturated carbocycles. The normalized spacial score (nSPS) is 21.1. The van der Waals surface area contributed by atoms with E-state index in [0.29, 0.717) is 23.3 Å². The zero-order valence-corrected chi connectivity index (χ0v) is 12.3. The molecule has 1 aliphatic rings. The minimum Gasteiger partial charge on any atom is -0.329 e. The van der Waals surface area contributed by atoms with E-state index in [9.17, 15) is 8.42 Å². The molecule has 1 aromatic carbocycles. The second-order valence-electron chi connectivity index (χ2n) is 5.12. The van der Waals surface area contributed by atoms with E-state index in [0.717, 1.165) is 11.0 Å². The number of sulfone groups is 1. The van der Waals surface area contributed by atoms with E-state index in [1.807, 2.05) is 16.7 Å². The summed E-state index contributed by atoms with van der Waals surface area (Å²) in [6.45, 7) is 0.576. The zero-order valence-electron chi connectivity index (χ0n) is 10.7. The van der Waals surface area contributed by atoms with Gasteiger partial charge < -0.3 is 9.55 Å². The molecule has 0 aliphatic carbocycles. The minimum atomic E-state index is -2.89. The molecule has 3 rings (SSSR count). The zero-order chi connectivity index (χ0) is 14.3. The topological polar surface area (TPSA) is 78.7 Å². The summed E-state index contributed by atoms with van der Waals surface area (Å²) in [7, 11) is -2.89. The van der Waals surface area contributed by atoms with E-state index in [-0.39, 0.29) is 17.4 Å². The van der Waals surface area contributed by atoms with Gasteiger partial charge in [0.25, 0.3) is 0 Å². The summed E-state index contributed by atoms with van der Waals surface area (Å²) in [6.07, 6.45) is 0.675. The highest BCUT2D eigenvalue weighted by Crippen LogP contribution is 2.24. The van der Waals surface area contributed by atoms with Crippen LogP contribution in [0.15, 0.2) is 18.2 Å². The fourth-order valence-corrected chi connectivity index (χ4v) is 4.85. The molecule has 1 aromatic heterocycles. The van der Waals surface area contributed by atoms with E-state index < -0.39 is 9.84 Å². The van der Waals surface area contributed by atoms with Crippen molar-refractivity contribution < 1.29 is 8.42 Å². The first-order valence-electron chi connectivity index (χ1n) is 6.32. The highest BCUT2D eigenvalue weighted by Gasteiger charge is 2.28. The molecule has 1 atom stereocenters. The van der Waals surface area contributed by atoms with Gasteiger partial charge in [-0.15, -0.1) is 0 Å². The van der Waals surface area contributed by atoms with Crippen molar-refractivity contribution in [2.45, 2.75) is 13.0 Å². The van der Waals surface area contributed by atoms with Crippen LogP contribution >= 0.6 is 12.2 Å². The molecule has 0 radical (unpaired) electrons. The number of aromatic nitrogens is 2. The molecular weight excluding hydrogens is 294 g/mol. The number of fused-ring (bicyclic) bond motifs is 1. The second kappa shape index (κ2) is 4.72. The van der Waals surface area contributed by atoms with Crippen molar-refractivity contribution in [1.29, 1.82) is 5.26 Å². The molecule has 0 bridgehead atoms. The largest absolute Gasteiger partial charge is 0.329 e. The number of aromatic amines is 1. The van der Waals surface area contributed by atoms with E-state index in [1.54, 1.807) is 6.07 Å². The number of rotatable bonds is 2. The first-order chi connectivity index (χ1) is 9.50. The van der Waals surface area contributed by atoms with Crippen molar-refractivity contribution in [3.8, 4) is 6.07 Å². The van der Waals surface area contributed by atoms with Crippen molar-refractivity contribution in [1.82, 2.24) is 9.55 Å². The predicted molar refractivity (Wildman–Crippen MR) is 78.6 cm³/mol. The Balaban J connectivity index is 2.03. The lowest BCUT2D eigenvalue weighted by Crippen LogP contribution is -2.12. The Morgan fingerprint density at radius 1 is 1.50 bits per heavy atom. The number of nitrogens with zero attached hydrogens (tertiary/aromatic N) is 2. The van der Waals surface area contributed by atoms with E-state index in [4.69, 9.17) is 17.5 Å². The third-order valence-corrected chi connectivity index (χ3v) is 5.86. The molecule has 104 valence electrons. The number of H-pyrrole nitrogens is 1. The molecular formula is C13H13N3O2S2. The van der Waals surface area contributed by atoms with Crippen LogP contribution in [-0.4, -0.2) is 29.5 Å². The van der Waals surface area contributed by atoms with Crippen LogP contribution in [0.3, 0.4) is 0 Å². The number of nitrogens with one attached hydrogen (secondary N) is 1. The van der Waals surface area contributed by atoms with E-state index >= 15 is 0 Å². The number of hydrogen-bond donors (Lipinski definition) is 1. The standard InChI is InChI=1S/C13H13N3O2S2/c14-6-10-2-1-3-11-12(10)15-13(19)16(11)7-9-4-5-20(17,18)8-9/h1-3,9H,4-5,7-8H2,(H,15,19). The summed E-state index contributed by atoms with van der Waals surface area (Å²) in [6, 6.07) is 7.57. The Bertz CT molecular complexity index is 871. The second-order valence-corrected chi connectivity index (χ2v) is 7.74. The maximum Gasteiger partial charge on any atom is 0.178 e. The summed E-state index contributed by atoms with van der Waals surface area (Å²) in [5, 5.41) is 9.10. The predicted octanol–water partition coefficient (Wildman–Crippen LogP) is 2.01. The fraction of sp³-hybridized carbons (Fsp3) is 0.385. The van der Waals surface area contributed by atoms with Gasteiger partial charge in [-0.05, 0) is 36.7 Å². The average Bonchev–Trinajstić information content (AvgIpc) is 2.90. The number of benzene rings is 1. The molecule has 1 unspecified atom stereocenters. The minimum absolute atomic E-state index is 0.0939. The van der Waals surface area contributed by atoms with Crippen LogP contribution in [0.1, 0.15) is 12.0 Å². The van der Waals surface area contributed by atoms with Crippen LogP contribution in [0.5, 0.6) is 0 Å². The summed E-state index contributed by atoms with van der Waals surface area (Å²) >= 11 is 5.30. The van der Waals surface area contributed by atoms with E-state index in [1.165, 1.54) is 0 Å². The maximum atomic E-state index is 11.5. The molecule has 1 saturated heterocycles. The van der Waals surface area contributed by atoms with Gasteiger partial charge in [0.1, 0.15) is 6.07 Å². The van der Waals surface area contributed by atoms with Crippen molar-refractivity contribution >= 4 is 33.1 Å². The van der Waals surface area contributed by atoms with Crippen molar-refractivity contribution in [2.75, 3.05) is 11.5 Å². The van der Waals surface area contributed by atoms with Gasteiger partial charge in [-0.2, -0.15) is 5.26 Å². The average molecular weight is 307 g/mol. The van der Waals surface area contributed by atoms with Gasteiger partial charge in [0.2, 0.25) is 0 Å². The van der Waals surface area contributed by atoms with Gasteiger partial charge in [-0.25, -0.2) is 8.42 Å². The molecule has 1 fully saturated rings. The molecule has 1 N–H and O–H groups in total.